The van der Waals surface area contributed by atoms with Crippen molar-refractivity contribution in [3.8, 4) is 0 Å². The summed E-state index contributed by atoms with van der Waals surface area (Å²) in [6, 6.07) is 16.1. The minimum absolute atomic E-state index is 0.158. The second kappa shape index (κ2) is 6.48. The van der Waals surface area contributed by atoms with Gasteiger partial charge < -0.3 is 0 Å². The minimum atomic E-state index is 0.158. The Morgan fingerprint density at radius 1 is 1.10 bits per heavy atom. The van der Waals surface area contributed by atoms with E-state index in [-0.39, 0.29) is 5.78 Å². The topological polar surface area (TPSA) is 17.1 Å². The molecule has 1 saturated carbocycles. The fourth-order valence-electron chi connectivity index (χ4n) is 2.80. The summed E-state index contributed by atoms with van der Waals surface area (Å²) in [4.78, 5) is 14.0. The van der Waals surface area contributed by atoms with Crippen LogP contribution in [0.3, 0.4) is 0 Å². The number of hydrogen-bond acceptors (Lipinski definition) is 2. The molecule has 2 aromatic rings. The van der Waals surface area contributed by atoms with Crippen LogP contribution in [-0.4, -0.2) is 11.5 Å². The molecule has 0 atom stereocenters. The summed E-state index contributed by atoms with van der Waals surface area (Å²) in [5, 5.41) is 0. The molecule has 3 rings (SSSR count). The molecule has 0 unspecified atom stereocenters. The highest BCUT2D eigenvalue weighted by Gasteiger charge is 2.24. The van der Waals surface area contributed by atoms with Gasteiger partial charge >= 0.3 is 0 Å². The van der Waals surface area contributed by atoms with Gasteiger partial charge in [-0.25, -0.2) is 0 Å². The van der Waals surface area contributed by atoms with Crippen LogP contribution in [0.2, 0.25) is 0 Å². The van der Waals surface area contributed by atoms with Gasteiger partial charge in [0.2, 0.25) is 0 Å². The maximum absolute atomic E-state index is 12.8. The molecule has 2 heteroatoms. The van der Waals surface area contributed by atoms with E-state index in [0.717, 1.165) is 16.9 Å². The molecule has 1 fully saturated rings. The maximum atomic E-state index is 12.8. The third-order valence-corrected chi connectivity index (χ3v) is 5.07. The number of benzene rings is 2. The summed E-state index contributed by atoms with van der Waals surface area (Å²) in [5.74, 6) is 1.79. The molecule has 0 radical (unpaired) electrons. The van der Waals surface area contributed by atoms with Gasteiger partial charge in [0.1, 0.15) is 0 Å². The predicted molar refractivity (Wildman–Crippen MR) is 89.3 cm³/mol. The van der Waals surface area contributed by atoms with Gasteiger partial charge in [-0.3, -0.25) is 4.79 Å². The molecule has 0 saturated heterocycles. The summed E-state index contributed by atoms with van der Waals surface area (Å²) < 4.78 is 0. The van der Waals surface area contributed by atoms with Crippen molar-refractivity contribution in [1.29, 1.82) is 0 Å². The largest absolute Gasteiger partial charge is 0.289 e. The van der Waals surface area contributed by atoms with Crippen LogP contribution in [0.5, 0.6) is 0 Å². The lowest BCUT2D eigenvalue weighted by Crippen LogP contribution is -2.14. The Labute approximate surface area is 130 Å². The Balaban J connectivity index is 1.87. The number of rotatable bonds is 5. The molecule has 1 aliphatic rings. The van der Waals surface area contributed by atoms with Gasteiger partial charge in [0, 0.05) is 16.0 Å². The number of ketones is 1. The molecule has 0 heterocycles. The van der Waals surface area contributed by atoms with Gasteiger partial charge in [0.25, 0.3) is 0 Å². The highest BCUT2D eigenvalue weighted by Crippen LogP contribution is 2.38. The van der Waals surface area contributed by atoms with Crippen molar-refractivity contribution in [2.45, 2.75) is 37.0 Å². The van der Waals surface area contributed by atoms with Gasteiger partial charge in [-0.05, 0) is 54.3 Å². The summed E-state index contributed by atoms with van der Waals surface area (Å²) >= 11 is 1.80. The van der Waals surface area contributed by atoms with Gasteiger partial charge in [-0.2, -0.15) is 0 Å². The van der Waals surface area contributed by atoms with Crippen LogP contribution in [0.25, 0.3) is 0 Å². The van der Waals surface area contributed by atoms with E-state index in [0.29, 0.717) is 5.92 Å². The normalized spacial score (nSPS) is 14.7. The fourth-order valence-corrected chi connectivity index (χ4v) is 3.47. The van der Waals surface area contributed by atoms with E-state index in [4.69, 9.17) is 0 Å². The number of thioether (sulfide) groups is 1. The smallest absolute Gasteiger partial charge is 0.193 e. The van der Waals surface area contributed by atoms with Crippen LogP contribution in [0.1, 0.15) is 53.6 Å². The highest BCUT2D eigenvalue weighted by molar-refractivity contribution is 7.99. The molecular formula is C19H20OS. The Morgan fingerprint density at radius 3 is 2.43 bits per heavy atom. The first-order valence-electron chi connectivity index (χ1n) is 7.66. The first-order valence-corrected chi connectivity index (χ1v) is 8.64. The van der Waals surface area contributed by atoms with Gasteiger partial charge in [0.15, 0.2) is 5.78 Å². The van der Waals surface area contributed by atoms with Crippen molar-refractivity contribution in [2.75, 3.05) is 5.75 Å². The molecule has 0 aromatic heterocycles. The van der Waals surface area contributed by atoms with Crippen LogP contribution in [0, 0.1) is 0 Å². The number of hydrogen-bond donors (Lipinski definition) is 0. The van der Waals surface area contributed by atoms with E-state index < -0.39 is 0 Å². The Kier molecular flexibility index (Phi) is 4.45. The zero-order valence-electron chi connectivity index (χ0n) is 12.3. The first kappa shape index (κ1) is 14.4. The molecule has 0 aliphatic heterocycles. The number of carbonyl (C=O) groups is 1. The summed E-state index contributed by atoms with van der Waals surface area (Å²) in [6.07, 6.45) is 3.73. The standard InChI is InChI=1S/C19H20OS/c1-2-21-16-12-10-15(11-13-16)19(20)18-9-4-3-8-17(18)14-6-5-7-14/h3-4,8-14H,2,5-7H2,1H3. The van der Waals surface area contributed by atoms with E-state index in [9.17, 15) is 4.79 Å². The quantitative estimate of drug-likeness (QED) is 0.550. The third kappa shape index (κ3) is 3.06. The van der Waals surface area contributed by atoms with Crippen LogP contribution < -0.4 is 0 Å². The molecular weight excluding hydrogens is 276 g/mol. The molecule has 1 aliphatic carbocycles. The number of carbonyl (C=O) groups excluding carboxylic acids is 1. The fraction of sp³-hybridized carbons (Fsp3) is 0.316. The van der Waals surface area contributed by atoms with Crippen molar-refractivity contribution in [3.63, 3.8) is 0 Å². The van der Waals surface area contributed by atoms with Crippen molar-refractivity contribution in [3.05, 3.63) is 65.2 Å². The second-order valence-electron chi connectivity index (χ2n) is 5.50. The molecule has 1 nitrogen and oxygen atoms in total. The molecule has 0 amide bonds. The highest BCUT2D eigenvalue weighted by atomic mass is 32.2. The second-order valence-corrected chi connectivity index (χ2v) is 6.84. The van der Waals surface area contributed by atoms with Crippen molar-refractivity contribution in [1.82, 2.24) is 0 Å². The maximum Gasteiger partial charge on any atom is 0.193 e. The van der Waals surface area contributed by atoms with Crippen LogP contribution >= 0.6 is 11.8 Å². The molecule has 0 spiro atoms. The Hall–Kier alpha value is -1.54. The lowest BCUT2D eigenvalue weighted by molar-refractivity contribution is 0.103. The summed E-state index contributed by atoms with van der Waals surface area (Å²) in [7, 11) is 0. The van der Waals surface area contributed by atoms with E-state index in [1.54, 1.807) is 11.8 Å². The molecule has 2 aromatic carbocycles. The van der Waals surface area contributed by atoms with Gasteiger partial charge in [0.05, 0.1) is 0 Å². The monoisotopic (exact) mass is 296 g/mol. The predicted octanol–water partition coefficient (Wildman–Crippen LogP) is 5.30. The SMILES string of the molecule is CCSc1ccc(C(=O)c2ccccc2C2CCC2)cc1. The van der Waals surface area contributed by atoms with E-state index in [2.05, 4.69) is 13.0 Å². The van der Waals surface area contributed by atoms with E-state index in [1.165, 1.54) is 29.7 Å². The van der Waals surface area contributed by atoms with Crippen molar-refractivity contribution in [2.24, 2.45) is 0 Å². The molecule has 0 N–H and O–H groups in total. The molecule has 0 bridgehead atoms. The van der Waals surface area contributed by atoms with E-state index in [1.807, 2.05) is 42.5 Å². The van der Waals surface area contributed by atoms with Crippen LogP contribution in [-0.2, 0) is 0 Å². The van der Waals surface area contributed by atoms with E-state index >= 15 is 0 Å². The van der Waals surface area contributed by atoms with Crippen LogP contribution in [0.15, 0.2) is 53.4 Å². The lowest BCUT2D eigenvalue weighted by atomic mass is 9.77. The minimum Gasteiger partial charge on any atom is -0.289 e. The summed E-state index contributed by atoms with van der Waals surface area (Å²) in [5.41, 5.74) is 2.92. The van der Waals surface area contributed by atoms with Crippen molar-refractivity contribution < 1.29 is 4.79 Å². The zero-order chi connectivity index (χ0) is 14.7. The lowest BCUT2D eigenvalue weighted by Gasteiger charge is -2.27. The van der Waals surface area contributed by atoms with Crippen molar-refractivity contribution >= 4 is 17.5 Å². The Bertz CT molecular complexity index is 626. The average molecular weight is 296 g/mol. The Morgan fingerprint density at radius 2 is 1.81 bits per heavy atom. The van der Waals surface area contributed by atoms with Gasteiger partial charge in [-0.15, -0.1) is 11.8 Å². The molecule has 108 valence electrons. The third-order valence-electron chi connectivity index (χ3n) is 4.18. The average Bonchev–Trinajstić information content (AvgIpc) is 2.47. The van der Waals surface area contributed by atoms with Crippen LogP contribution in [0.4, 0.5) is 0 Å². The zero-order valence-corrected chi connectivity index (χ0v) is 13.2. The molecule has 21 heavy (non-hydrogen) atoms. The summed E-state index contributed by atoms with van der Waals surface area (Å²) in [6.45, 7) is 2.14. The van der Waals surface area contributed by atoms with Gasteiger partial charge in [-0.1, -0.05) is 37.6 Å². The first-order chi connectivity index (χ1) is 10.3.